The molecule has 0 aliphatic heterocycles. The molecule has 152 valence electrons. The van der Waals surface area contributed by atoms with Gasteiger partial charge in [0.2, 0.25) is 0 Å². The van der Waals surface area contributed by atoms with Gasteiger partial charge in [-0.25, -0.2) is 9.48 Å². The van der Waals surface area contributed by atoms with Gasteiger partial charge in [-0.3, -0.25) is 4.79 Å². The van der Waals surface area contributed by atoms with Gasteiger partial charge < -0.3 is 4.74 Å². The minimum Gasteiger partial charge on any atom is -0.461 e. The van der Waals surface area contributed by atoms with Crippen LogP contribution in [0.3, 0.4) is 0 Å². The average molecular weight is 392 g/mol. The highest BCUT2D eigenvalue weighted by Crippen LogP contribution is 2.34. The van der Waals surface area contributed by atoms with E-state index < -0.39 is 5.97 Å². The van der Waals surface area contributed by atoms with Crippen molar-refractivity contribution in [3.8, 4) is 0 Å². The van der Waals surface area contributed by atoms with Crippen molar-refractivity contribution < 1.29 is 14.3 Å². The van der Waals surface area contributed by atoms with E-state index in [9.17, 15) is 9.59 Å². The lowest BCUT2D eigenvalue weighted by Gasteiger charge is -2.24. The number of allylic oxidation sites excluding steroid dienone is 4. The molecule has 5 heteroatoms. The smallest absolute Gasteiger partial charge is 0.356 e. The molecule has 0 amide bonds. The number of ether oxygens (including phenoxy) is 1. The van der Waals surface area contributed by atoms with Crippen LogP contribution in [0, 0.1) is 5.41 Å². The Morgan fingerprint density at radius 2 is 1.93 bits per heavy atom. The van der Waals surface area contributed by atoms with Crippen molar-refractivity contribution in [2.24, 2.45) is 5.41 Å². The standard InChI is InChI=1S/C24H28N2O3/c1-5-29-23(28)21-15-20(17-11-13-19(14-12-17)24(2,3)4)25-26(21)16-22(27)18-9-7-6-8-10-18/h6-11,13-15,17H,5,12,16H2,1-4H3. The Kier molecular flexibility index (Phi) is 6.16. The van der Waals surface area contributed by atoms with Crippen molar-refractivity contribution >= 4 is 11.8 Å². The first-order valence-electron chi connectivity index (χ1n) is 10.0. The molecule has 0 radical (unpaired) electrons. The zero-order chi connectivity index (χ0) is 21.0. The molecule has 5 nitrogen and oxygen atoms in total. The molecule has 2 aromatic rings. The Morgan fingerprint density at radius 1 is 1.21 bits per heavy atom. The number of benzene rings is 1. The maximum atomic E-state index is 12.6. The molecule has 1 atom stereocenters. The van der Waals surface area contributed by atoms with E-state index in [1.165, 1.54) is 10.3 Å². The van der Waals surface area contributed by atoms with Crippen LogP contribution in [-0.2, 0) is 11.3 Å². The lowest BCUT2D eigenvalue weighted by Crippen LogP contribution is -2.18. The van der Waals surface area contributed by atoms with Gasteiger partial charge in [-0.15, -0.1) is 0 Å². The van der Waals surface area contributed by atoms with Crippen molar-refractivity contribution in [3.63, 3.8) is 0 Å². The van der Waals surface area contributed by atoms with Crippen molar-refractivity contribution in [2.75, 3.05) is 6.61 Å². The predicted octanol–water partition coefficient (Wildman–Crippen LogP) is 4.96. The summed E-state index contributed by atoms with van der Waals surface area (Å²) in [6.07, 6.45) is 7.30. The van der Waals surface area contributed by atoms with Crippen LogP contribution in [0.15, 0.2) is 60.2 Å². The van der Waals surface area contributed by atoms with Crippen molar-refractivity contribution in [3.05, 3.63) is 77.2 Å². The maximum absolute atomic E-state index is 12.6. The summed E-state index contributed by atoms with van der Waals surface area (Å²) in [5.41, 5.74) is 3.06. The lowest BCUT2D eigenvalue weighted by atomic mass is 9.81. The number of nitrogens with zero attached hydrogens (tertiary/aromatic N) is 2. The van der Waals surface area contributed by atoms with Crippen LogP contribution in [0.25, 0.3) is 0 Å². The molecule has 1 aromatic heterocycles. The number of Topliss-reactive ketones (excluding diaryl/α,β-unsaturated/α-hetero) is 1. The average Bonchev–Trinajstić information content (AvgIpc) is 3.12. The van der Waals surface area contributed by atoms with Gasteiger partial charge in [-0.05, 0) is 30.4 Å². The Balaban J connectivity index is 1.86. The van der Waals surface area contributed by atoms with Crippen LogP contribution < -0.4 is 0 Å². The SMILES string of the molecule is CCOC(=O)c1cc(C2C=CC(C(C)(C)C)=CC2)nn1CC(=O)c1ccccc1. The van der Waals surface area contributed by atoms with Gasteiger partial charge in [0.25, 0.3) is 0 Å². The van der Waals surface area contributed by atoms with E-state index in [1.54, 1.807) is 25.1 Å². The van der Waals surface area contributed by atoms with Crippen LogP contribution in [0.4, 0.5) is 0 Å². The summed E-state index contributed by atoms with van der Waals surface area (Å²) in [6, 6.07) is 10.8. The first-order chi connectivity index (χ1) is 13.8. The molecular weight excluding hydrogens is 364 g/mol. The third-order valence-electron chi connectivity index (χ3n) is 5.02. The molecule has 0 bridgehead atoms. The minimum absolute atomic E-state index is 0.00231. The third-order valence-corrected chi connectivity index (χ3v) is 5.02. The normalized spacial score (nSPS) is 16.4. The number of carbonyl (C=O) groups is 2. The highest BCUT2D eigenvalue weighted by Gasteiger charge is 2.24. The number of hydrogen-bond acceptors (Lipinski definition) is 4. The first-order valence-corrected chi connectivity index (χ1v) is 10.0. The van der Waals surface area contributed by atoms with Gasteiger partial charge in [0.1, 0.15) is 12.2 Å². The quantitative estimate of drug-likeness (QED) is 0.515. The number of carbonyl (C=O) groups excluding carboxylic acids is 2. The van der Waals surface area contributed by atoms with E-state index in [-0.39, 0.29) is 30.3 Å². The molecule has 0 saturated heterocycles. The second-order valence-corrected chi connectivity index (χ2v) is 8.23. The number of esters is 1. The fraction of sp³-hybridized carbons (Fsp3) is 0.375. The second kappa shape index (κ2) is 8.60. The molecule has 1 aromatic carbocycles. The van der Waals surface area contributed by atoms with Gasteiger partial charge in [-0.1, -0.05) is 69.3 Å². The first kappa shape index (κ1) is 20.8. The zero-order valence-corrected chi connectivity index (χ0v) is 17.5. The van der Waals surface area contributed by atoms with Crippen LogP contribution in [0.1, 0.15) is 66.6 Å². The van der Waals surface area contributed by atoms with E-state index in [2.05, 4.69) is 44.1 Å². The predicted molar refractivity (Wildman–Crippen MR) is 113 cm³/mol. The minimum atomic E-state index is -0.460. The zero-order valence-electron chi connectivity index (χ0n) is 17.5. The molecule has 1 aliphatic rings. The monoisotopic (exact) mass is 392 g/mol. The Labute approximate surface area is 172 Å². The van der Waals surface area contributed by atoms with Gasteiger partial charge in [0.15, 0.2) is 5.78 Å². The Hall–Kier alpha value is -2.95. The van der Waals surface area contributed by atoms with Gasteiger partial charge >= 0.3 is 5.97 Å². The number of aromatic nitrogens is 2. The van der Waals surface area contributed by atoms with Crippen molar-refractivity contribution in [1.82, 2.24) is 9.78 Å². The molecule has 0 fully saturated rings. The molecule has 0 spiro atoms. The van der Waals surface area contributed by atoms with Crippen LogP contribution >= 0.6 is 0 Å². The maximum Gasteiger partial charge on any atom is 0.356 e. The van der Waals surface area contributed by atoms with Crippen LogP contribution in [-0.4, -0.2) is 28.1 Å². The Bertz CT molecular complexity index is 946. The molecule has 0 saturated carbocycles. The van der Waals surface area contributed by atoms with Crippen molar-refractivity contribution in [2.45, 2.75) is 46.6 Å². The topological polar surface area (TPSA) is 61.2 Å². The third kappa shape index (κ3) is 4.91. The van der Waals surface area contributed by atoms with Crippen LogP contribution in [0.5, 0.6) is 0 Å². The van der Waals surface area contributed by atoms with Gasteiger partial charge in [-0.2, -0.15) is 5.10 Å². The van der Waals surface area contributed by atoms with Crippen molar-refractivity contribution in [1.29, 1.82) is 0 Å². The number of rotatable bonds is 6. The van der Waals surface area contributed by atoms with E-state index in [4.69, 9.17) is 4.74 Å². The molecule has 1 aliphatic carbocycles. The highest BCUT2D eigenvalue weighted by atomic mass is 16.5. The summed E-state index contributed by atoms with van der Waals surface area (Å²) in [6.45, 7) is 8.59. The summed E-state index contributed by atoms with van der Waals surface area (Å²) >= 11 is 0. The molecule has 29 heavy (non-hydrogen) atoms. The lowest BCUT2D eigenvalue weighted by molar-refractivity contribution is 0.0512. The largest absolute Gasteiger partial charge is 0.461 e. The van der Waals surface area contributed by atoms with E-state index >= 15 is 0 Å². The summed E-state index contributed by atoms with van der Waals surface area (Å²) in [5, 5.41) is 4.60. The summed E-state index contributed by atoms with van der Waals surface area (Å²) in [5.74, 6) is -0.486. The fourth-order valence-electron chi connectivity index (χ4n) is 3.36. The molecular formula is C24H28N2O3. The summed E-state index contributed by atoms with van der Waals surface area (Å²) in [4.78, 5) is 25.1. The molecule has 1 unspecified atom stereocenters. The highest BCUT2D eigenvalue weighted by molar-refractivity contribution is 5.96. The Morgan fingerprint density at radius 3 is 2.52 bits per heavy atom. The van der Waals surface area contributed by atoms with E-state index in [0.717, 1.165) is 12.1 Å². The number of hydrogen-bond donors (Lipinski definition) is 0. The summed E-state index contributed by atoms with van der Waals surface area (Å²) in [7, 11) is 0. The second-order valence-electron chi connectivity index (χ2n) is 8.23. The van der Waals surface area contributed by atoms with E-state index in [0.29, 0.717) is 11.3 Å². The molecule has 1 heterocycles. The molecule has 3 rings (SSSR count). The van der Waals surface area contributed by atoms with Gasteiger partial charge in [0.05, 0.1) is 12.3 Å². The fourth-order valence-corrected chi connectivity index (χ4v) is 3.36. The van der Waals surface area contributed by atoms with E-state index in [1.807, 2.05) is 18.2 Å². The van der Waals surface area contributed by atoms with Crippen LogP contribution in [0.2, 0.25) is 0 Å². The van der Waals surface area contributed by atoms with Gasteiger partial charge in [0, 0.05) is 11.5 Å². The summed E-state index contributed by atoms with van der Waals surface area (Å²) < 4.78 is 6.65. The number of ketones is 1. The molecule has 0 N–H and O–H groups in total.